The third-order valence-electron chi connectivity index (χ3n) is 4.62. The molecule has 1 N–H and O–H groups in total. The van der Waals surface area contributed by atoms with Crippen molar-refractivity contribution in [3.63, 3.8) is 0 Å². The Labute approximate surface area is 167 Å². The number of carbonyl (C=O) groups excluding carboxylic acids is 3. The van der Waals surface area contributed by atoms with Crippen molar-refractivity contribution in [2.24, 2.45) is 0 Å². The van der Waals surface area contributed by atoms with Crippen LogP contribution in [0.4, 0.5) is 0 Å². The number of nitrogens with one attached hydrogen (secondary N) is 1. The quantitative estimate of drug-likeness (QED) is 0.521. The van der Waals surface area contributed by atoms with Crippen molar-refractivity contribution in [1.29, 1.82) is 0 Å². The van der Waals surface area contributed by atoms with Gasteiger partial charge in [0.25, 0.3) is 11.7 Å². The summed E-state index contributed by atoms with van der Waals surface area (Å²) in [5.41, 5.74) is 1.09. The average Bonchev–Trinajstić information content (AvgIpc) is 3.44. The molecule has 0 aliphatic carbocycles. The van der Waals surface area contributed by atoms with Crippen molar-refractivity contribution in [2.75, 3.05) is 26.2 Å². The molecular weight excluding hydrogens is 374 g/mol. The average molecular weight is 397 g/mol. The summed E-state index contributed by atoms with van der Waals surface area (Å²) in [6.45, 7) is 7.01. The normalized spacial score (nSPS) is 13.8. The highest BCUT2D eigenvalue weighted by molar-refractivity contribution is 6.44. The molecule has 4 heterocycles. The van der Waals surface area contributed by atoms with Gasteiger partial charge in [-0.05, 0) is 6.07 Å². The van der Waals surface area contributed by atoms with Gasteiger partial charge >= 0.3 is 0 Å². The summed E-state index contributed by atoms with van der Waals surface area (Å²) in [6.07, 6.45) is 6.15. The molecule has 0 saturated carbocycles. The van der Waals surface area contributed by atoms with Gasteiger partial charge in [0.15, 0.2) is 5.82 Å². The third kappa shape index (κ3) is 3.86. The second-order valence-corrected chi connectivity index (χ2v) is 6.20. The molecule has 29 heavy (non-hydrogen) atoms. The van der Waals surface area contributed by atoms with Gasteiger partial charge in [0, 0.05) is 51.7 Å². The van der Waals surface area contributed by atoms with Crippen LogP contribution in [0.2, 0.25) is 0 Å². The lowest BCUT2D eigenvalue weighted by molar-refractivity contribution is -0.135. The van der Waals surface area contributed by atoms with Crippen molar-refractivity contribution in [1.82, 2.24) is 34.5 Å². The molecule has 1 aliphatic rings. The Morgan fingerprint density at radius 3 is 2.34 bits per heavy atom. The van der Waals surface area contributed by atoms with Gasteiger partial charge in [-0.15, -0.1) is 0 Å². The fourth-order valence-electron chi connectivity index (χ4n) is 3.15. The first-order valence-corrected chi connectivity index (χ1v) is 9.47. The summed E-state index contributed by atoms with van der Waals surface area (Å²) < 4.78 is 1.55. The summed E-state index contributed by atoms with van der Waals surface area (Å²) in [4.78, 5) is 51.3. The van der Waals surface area contributed by atoms with E-state index in [-0.39, 0.29) is 11.5 Å². The standard InChI is InChI=1S/C17H17N7O3.C2H6/c1-11(25)22-5-7-23(8-6-22)17(27)15(26)12-9-18-14-13(12)19-10-20-16(14)24-4-2-3-21-24;1-2/h2-4,9-10,18H,5-8H2,1H3;1-2H3. The van der Waals surface area contributed by atoms with Crippen LogP contribution >= 0.6 is 0 Å². The molecular formula is C19H23N7O3. The number of hydrogen-bond acceptors (Lipinski definition) is 6. The van der Waals surface area contributed by atoms with E-state index in [1.165, 1.54) is 24.3 Å². The first kappa shape index (κ1) is 20.2. The lowest BCUT2D eigenvalue weighted by Gasteiger charge is -2.33. The molecule has 3 aromatic heterocycles. The van der Waals surface area contributed by atoms with Crippen LogP contribution in [0.15, 0.2) is 31.0 Å². The molecule has 2 amide bonds. The number of amides is 2. The van der Waals surface area contributed by atoms with E-state index >= 15 is 0 Å². The zero-order chi connectivity index (χ0) is 21.0. The van der Waals surface area contributed by atoms with Crippen LogP contribution in [-0.4, -0.2) is 78.3 Å². The monoisotopic (exact) mass is 397 g/mol. The maximum atomic E-state index is 12.8. The van der Waals surface area contributed by atoms with E-state index in [1.807, 2.05) is 13.8 Å². The summed E-state index contributed by atoms with van der Waals surface area (Å²) in [5, 5.41) is 4.13. The number of rotatable bonds is 3. The molecule has 1 fully saturated rings. The molecule has 10 nitrogen and oxygen atoms in total. The first-order chi connectivity index (χ1) is 14.1. The fourth-order valence-corrected chi connectivity index (χ4v) is 3.15. The van der Waals surface area contributed by atoms with Crippen LogP contribution < -0.4 is 0 Å². The van der Waals surface area contributed by atoms with Crippen molar-refractivity contribution in [2.45, 2.75) is 20.8 Å². The number of fused-ring (bicyclic) bond motifs is 1. The topological polar surface area (TPSA) is 117 Å². The second-order valence-electron chi connectivity index (χ2n) is 6.20. The van der Waals surface area contributed by atoms with E-state index in [1.54, 1.807) is 28.0 Å². The van der Waals surface area contributed by atoms with E-state index in [0.717, 1.165) is 0 Å². The summed E-state index contributed by atoms with van der Waals surface area (Å²) in [5.74, 6) is -0.777. The molecule has 10 heteroatoms. The van der Waals surface area contributed by atoms with Gasteiger partial charge < -0.3 is 14.8 Å². The summed E-state index contributed by atoms with van der Waals surface area (Å²) in [6, 6.07) is 1.76. The Morgan fingerprint density at radius 1 is 1.03 bits per heavy atom. The van der Waals surface area contributed by atoms with E-state index in [2.05, 4.69) is 20.1 Å². The maximum absolute atomic E-state index is 12.8. The number of ketones is 1. The number of aromatic nitrogens is 5. The van der Waals surface area contributed by atoms with Gasteiger partial charge in [0.2, 0.25) is 5.91 Å². The largest absolute Gasteiger partial charge is 0.356 e. The van der Waals surface area contributed by atoms with Crippen LogP contribution in [0.3, 0.4) is 0 Å². The molecule has 0 radical (unpaired) electrons. The van der Waals surface area contributed by atoms with Gasteiger partial charge in [-0.25, -0.2) is 14.6 Å². The highest BCUT2D eigenvalue weighted by Gasteiger charge is 2.29. The minimum absolute atomic E-state index is 0.0343. The SMILES string of the molecule is CC.CC(=O)N1CCN(C(=O)C(=O)c2c[nH]c3c(-n4cccn4)ncnc23)CC1. The van der Waals surface area contributed by atoms with E-state index in [0.29, 0.717) is 43.0 Å². The molecule has 0 bridgehead atoms. The van der Waals surface area contributed by atoms with Crippen LogP contribution in [0.1, 0.15) is 31.1 Å². The number of nitrogens with zero attached hydrogens (tertiary/aromatic N) is 6. The van der Waals surface area contributed by atoms with Crippen molar-refractivity contribution < 1.29 is 14.4 Å². The summed E-state index contributed by atoms with van der Waals surface area (Å²) in [7, 11) is 0. The number of aromatic amines is 1. The Bertz CT molecular complexity index is 1020. The molecule has 0 atom stereocenters. The Morgan fingerprint density at radius 2 is 1.72 bits per heavy atom. The van der Waals surface area contributed by atoms with Gasteiger partial charge in [0.05, 0.1) is 5.56 Å². The highest BCUT2D eigenvalue weighted by Crippen LogP contribution is 2.21. The number of piperazine rings is 1. The number of hydrogen-bond donors (Lipinski definition) is 1. The molecule has 0 spiro atoms. The second kappa shape index (κ2) is 8.63. The molecule has 152 valence electrons. The van der Waals surface area contributed by atoms with Gasteiger partial charge in [0.1, 0.15) is 17.4 Å². The molecule has 0 unspecified atom stereocenters. The van der Waals surface area contributed by atoms with Crippen molar-refractivity contribution in [3.8, 4) is 5.82 Å². The van der Waals surface area contributed by atoms with Crippen molar-refractivity contribution in [3.05, 3.63) is 36.5 Å². The molecule has 3 aromatic rings. The smallest absolute Gasteiger partial charge is 0.295 e. The van der Waals surface area contributed by atoms with Crippen molar-refractivity contribution >= 4 is 28.6 Å². The minimum Gasteiger partial charge on any atom is -0.356 e. The predicted molar refractivity (Wildman–Crippen MR) is 106 cm³/mol. The molecule has 1 saturated heterocycles. The maximum Gasteiger partial charge on any atom is 0.295 e. The number of H-pyrrole nitrogens is 1. The van der Waals surface area contributed by atoms with Gasteiger partial charge in [-0.2, -0.15) is 5.10 Å². The highest BCUT2D eigenvalue weighted by atomic mass is 16.2. The van der Waals surface area contributed by atoms with Crippen LogP contribution in [0, 0.1) is 0 Å². The van der Waals surface area contributed by atoms with Gasteiger partial charge in [-0.1, -0.05) is 13.8 Å². The van der Waals surface area contributed by atoms with Crippen LogP contribution in [0.25, 0.3) is 16.9 Å². The lowest BCUT2D eigenvalue weighted by Crippen LogP contribution is -2.51. The Kier molecular flexibility index (Phi) is 6.01. The van der Waals surface area contributed by atoms with E-state index < -0.39 is 11.7 Å². The predicted octanol–water partition coefficient (Wildman–Crippen LogP) is 1.04. The van der Waals surface area contributed by atoms with E-state index in [9.17, 15) is 14.4 Å². The fraction of sp³-hybridized carbons (Fsp3) is 0.368. The molecule has 1 aliphatic heterocycles. The Balaban J connectivity index is 0.00000117. The lowest BCUT2D eigenvalue weighted by atomic mass is 10.1. The zero-order valence-corrected chi connectivity index (χ0v) is 16.6. The summed E-state index contributed by atoms with van der Waals surface area (Å²) >= 11 is 0. The molecule has 4 rings (SSSR count). The van der Waals surface area contributed by atoms with Gasteiger partial charge in [-0.3, -0.25) is 14.4 Å². The minimum atomic E-state index is -0.636. The third-order valence-corrected chi connectivity index (χ3v) is 4.62. The number of Topliss-reactive ketones (excluding diaryl/α,β-unsaturated/α-hetero) is 1. The molecule has 0 aromatic carbocycles. The van der Waals surface area contributed by atoms with E-state index in [4.69, 9.17) is 0 Å². The number of carbonyl (C=O) groups is 3. The van der Waals surface area contributed by atoms with Crippen LogP contribution in [-0.2, 0) is 9.59 Å². The van der Waals surface area contributed by atoms with Crippen LogP contribution in [0.5, 0.6) is 0 Å². The zero-order valence-electron chi connectivity index (χ0n) is 16.6. The Hall–Kier alpha value is -3.56. The first-order valence-electron chi connectivity index (χ1n) is 9.47.